The third-order valence-corrected chi connectivity index (χ3v) is 6.06. The lowest BCUT2D eigenvalue weighted by Crippen LogP contribution is -2.29. The van der Waals surface area contributed by atoms with Gasteiger partial charge in [-0.25, -0.2) is 8.78 Å². The number of nitrogens with zero attached hydrogens (tertiary/aromatic N) is 1. The molecule has 0 aromatic heterocycles. The number of hydrogen-bond donors (Lipinski definition) is 1. The third-order valence-electron chi connectivity index (χ3n) is 5.77. The number of amides is 1. The number of carbonyl (C=O) groups is 2. The topological polar surface area (TPSA) is 85.3 Å². The lowest BCUT2D eigenvalue weighted by molar-refractivity contribution is -0.132. The standard InChI is InChI=1S/C26H20ClF2NO6/c1-34-19-9-5-14(28)11-16(19)24(31)22-23(13-4-8-20(35-2)21(10-13)36-3)30(26(33)25(22)32)15-6-7-18(29)17(27)12-15/h4-12,23,31H,1-3H3/b24-22+. The van der Waals surface area contributed by atoms with Crippen LogP contribution in [0.5, 0.6) is 17.2 Å². The van der Waals surface area contributed by atoms with Crippen LogP contribution in [-0.2, 0) is 9.59 Å². The van der Waals surface area contributed by atoms with Crippen molar-refractivity contribution in [2.75, 3.05) is 26.2 Å². The summed E-state index contributed by atoms with van der Waals surface area (Å²) in [7, 11) is 4.17. The van der Waals surface area contributed by atoms with Gasteiger partial charge in [0.2, 0.25) is 0 Å². The van der Waals surface area contributed by atoms with Gasteiger partial charge in [-0.15, -0.1) is 0 Å². The van der Waals surface area contributed by atoms with Crippen LogP contribution >= 0.6 is 11.6 Å². The van der Waals surface area contributed by atoms with Gasteiger partial charge in [-0.05, 0) is 54.1 Å². The lowest BCUT2D eigenvalue weighted by Gasteiger charge is -2.26. The Morgan fingerprint density at radius 1 is 0.889 bits per heavy atom. The number of aliphatic hydroxyl groups excluding tert-OH is 1. The van der Waals surface area contributed by atoms with Crippen molar-refractivity contribution in [2.24, 2.45) is 0 Å². The molecule has 0 radical (unpaired) electrons. The normalized spacial score (nSPS) is 16.8. The molecule has 7 nitrogen and oxygen atoms in total. The maximum atomic E-state index is 14.1. The molecule has 3 aromatic carbocycles. The van der Waals surface area contributed by atoms with E-state index in [4.69, 9.17) is 25.8 Å². The van der Waals surface area contributed by atoms with Gasteiger partial charge in [0.1, 0.15) is 23.1 Å². The molecule has 186 valence electrons. The summed E-state index contributed by atoms with van der Waals surface area (Å²) < 4.78 is 43.8. The first kappa shape index (κ1) is 25.0. The van der Waals surface area contributed by atoms with E-state index in [1.54, 1.807) is 12.1 Å². The van der Waals surface area contributed by atoms with Crippen molar-refractivity contribution in [2.45, 2.75) is 6.04 Å². The Bertz CT molecular complexity index is 1410. The van der Waals surface area contributed by atoms with Gasteiger partial charge in [0.05, 0.1) is 43.5 Å². The zero-order valence-electron chi connectivity index (χ0n) is 19.3. The summed E-state index contributed by atoms with van der Waals surface area (Å²) in [5.74, 6) is -3.36. The van der Waals surface area contributed by atoms with E-state index in [0.717, 1.165) is 23.1 Å². The summed E-state index contributed by atoms with van der Waals surface area (Å²) in [4.78, 5) is 27.6. The van der Waals surface area contributed by atoms with E-state index in [2.05, 4.69) is 0 Å². The molecule has 0 spiro atoms. The highest BCUT2D eigenvalue weighted by Crippen LogP contribution is 2.45. The number of rotatable bonds is 6. The van der Waals surface area contributed by atoms with Crippen LogP contribution in [0.25, 0.3) is 5.76 Å². The molecule has 1 aliphatic rings. The first-order valence-corrected chi connectivity index (χ1v) is 10.9. The monoisotopic (exact) mass is 515 g/mol. The molecule has 36 heavy (non-hydrogen) atoms. The van der Waals surface area contributed by atoms with Gasteiger partial charge < -0.3 is 19.3 Å². The molecule has 3 aromatic rings. The Labute approximate surface area is 210 Å². The number of anilines is 1. The molecule has 1 aliphatic heterocycles. The molecule has 0 bridgehead atoms. The van der Waals surface area contributed by atoms with Gasteiger partial charge in [0.25, 0.3) is 11.7 Å². The quantitative estimate of drug-likeness (QED) is 0.273. The van der Waals surface area contributed by atoms with Crippen LogP contribution in [0, 0.1) is 11.6 Å². The lowest BCUT2D eigenvalue weighted by atomic mass is 9.94. The molecule has 1 fully saturated rings. The molecule has 4 rings (SSSR count). The number of Topliss-reactive ketones (excluding diaryl/α,β-unsaturated/α-hetero) is 1. The fraction of sp³-hybridized carbons (Fsp3) is 0.154. The van der Waals surface area contributed by atoms with Crippen molar-refractivity contribution >= 4 is 34.7 Å². The summed E-state index contributed by atoms with van der Waals surface area (Å²) in [5, 5.41) is 11.0. The van der Waals surface area contributed by atoms with Crippen LogP contribution in [0.15, 0.2) is 60.2 Å². The number of methoxy groups -OCH3 is 3. The Balaban J connectivity index is 2.02. The molecule has 10 heteroatoms. The smallest absolute Gasteiger partial charge is 0.300 e. The van der Waals surface area contributed by atoms with Crippen LogP contribution in [0.2, 0.25) is 5.02 Å². The zero-order valence-corrected chi connectivity index (χ0v) is 20.1. The van der Waals surface area contributed by atoms with E-state index >= 15 is 0 Å². The largest absolute Gasteiger partial charge is 0.507 e. The van der Waals surface area contributed by atoms with Crippen molar-refractivity contribution in [1.29, 1.82) is 0 Å². The zero-order chi connectivity index (χ0) is 26.1. The number of benzene rings is 3. The molecule has 1 unspecified atom stereocenters. The highest BCUT2D eigenvalue weighted by atomic mass is 35.5. The number of ketones is 1. The third kappa shape index (κ3) is 4.22. The molecule has 1 atom stereocenters. The molecule has 0 aliphatic carbocycles. The van der Waals surface area contributed by atoms with E-state index in [1.165, 1.54) is 45.6 Å². The Morgan fingerprint density at radius 3 is 2.19 bits per heavy atom. The van der Waals surface area contributed by atoms with Crippen LogP contribution < -0.4 is 19.1 Å². The molecule has 1 N–H and O–H groups in total. The van der Waals surface area contributed by atoms with Crippen molar-refractivity contribution in [3.63, 3.8) is 0 Å². The summed E-state index contributed by atoms with van der Waals surface area (Å²) in [5.41, 5.74) is -0.00700. The molecule has 0 saturated carbocycles. The number of halogens is 3. The van der Waals surface area contributed by atoms with E-state index < -0.39 is 35.1 Å². The van der Waals surface area contributed by atoms with E-state index in [1.807, 2.05) is 0 Å². The van der Waals surface area contributed by atoms with E-state index in [9.17, 15) is 23.5 Å². The predicted octanol–water partition coefficient (Wildman–Crippen LogP) is 5.27. The Morgan fingerprint density at radius 2 is 1.56 bits per heavy atom. The highest BCUT2D eigenvalue weighted by Gasteiger charge is 2.47. The minimum Gasteiger partial charge on any atom is -0.507 e. The molecular formula is C26H20ClF2NO6. The maximum Gasteiger partial charge on any atom is 0.300 e. The van der Waals surface area contributed by atoms with Crippen LogP contribution in [0.3, 0.4) is 0 Å². The fourth-order valence-electron chi connectivity index (χ4n) is 4.08. The van der Waals surface area contributed by atoms with Gasteiger partial charge in [0.15, 0.2) is 11.5 Å². The minimum atomic E-state index is -1.21. The summed E-state index contributed by atoms with van der Waals surface area (Å²) in [6.45, 7) is 0. The second-order valence-corrected chi connectivity index (χ2v) is 8.13. The highest BCUT2D eigenvalue weighted by molar-refractivity contribution is 6.51. The fourth-order valence-corrected chi connectivity index (χ4v) is 4.26. The van der Waals surface area contributed by atoms with Crippen molar-refractivity contribution < 1.29 is 37.7 Å². The number of hydrogen-bond acceptors (Lipinski definition) is 6. The van der Waals surface area contributed by atoms with Gasteiger partial charge in [-0.1, -0.05) is 17.7 Å². The van der Waals surface area contributed by atoms with Gasteiger partial charge in [0, 0.05) is 5.69 Å². The van der Waals surface area contributed by atoms with Gasteiger partial charge in [-0.2, -0.15) is 0 Å². The number of ether oxygens (including phenoxy) is 3. The summed E-state index contributed by atoms with van der Waals surface area (Å²) in [6.07, 6.45) is 0. The van der Waals surface area contributed by atoms with Gasteiger partial charge in [-0.3, -0.25) is 14.5 Å². The second kappa shape index (κ2) is 9.87. The second-order valence-electron chi connectivity index (χ2n) is 7.73. The van der Waals surface area contributed by atoms with Crippen LogP contribution in [-0.4, -0.2) is 38.1 Å². The summed E-state index contributed by atoms with van der Waals surface area (Å²) >= 11 is 5.96. The van der Waals surface area contributed by atoms with Gasteiger partial charge >= 0.3 is 0 Å². The average molecular weight is 516 g/mol. The van der Waals surface area contributed by atoms with Crippen LogP contribution in [0.1, 0.15) is 17.2 Å². The van der Waals surface area contributed by atoms with Crippen LogP contribution in [0.4, 0.5) is 14.5 Å². The minimum absolute atomic E-state index is 0.0796. The van der Waals surface area contributed by atoms with E-state index in [0.29, 0.717) is 17.1 Å². The number of carbonyl (C=O) groups excluding carboxylic acids is 2. The van der Waals surface area contributed by atoms with E-state index in [-0.39, 0.29) is 27.6 Å². The van der Waals surface area contributed by atoms with Crippen molar-refractivity contribution in [1.82, 2.24) is 0 Å². The Hall–Kier alpha value is -4.11. The van der Waals surface area contributed by atoms with Crippen molar-refractivity contribution in [3.8, 4) is 17.2 Å². The molecular weight excluding hydrogens is 496 g/mol. The predicted molar refractivity (Wildman–Crippen MR) is 129 cm³/mol. The molecule has 1 saturated heterocycles. The molecule has 1 heterocycles. The number of aliphatic hydroxyl groups is 1. The maximum absolute atomic E-state index is 14.1. The van der Waals surface area contributed by atoms with Crippen molar-refractivity contribution in [3.05, 3.63) is 88.0 Å². The first-order valence-electron chi connectivity index (χ1n) is 10.5. The Kier molecular flexibility index (Phi) is 6.85. The average Bonchev–Trinajstić information content (AvgIpc) is 3.15. The summed E-state index contributed by atoms with van der Waals surface area (Å²) in [6, 6.07) is 10.4. The molecule has 1 amide bonds. The first-order chi connectivity index (χ1) is 17.2. The SMILES string of the molecule is COc1ccc(C2/C(=C(\O)c3cc(F)ccc3OC)C(=O)C(=O)N2c2ccc(F)c(Cl)c2)cc1OC.